The minimum Gasteiger partial charge on any atom is -0.320 e. The molecule has 0 unspecified atom stereocenters. The lowest BCUT2D eigenvalue weighted by atomic mass is 10.2. The van der Waals surface area contributed by atoms with Crippen LogP contribution in [0.1, 0.15) is 21.1 Å². The molecule has 10 heteroatoms. The molecule has 0 saturated carbocycles. The van der Waals surface area contributed by atoms with Gasteiger partial charge in [-0.25, -0.2) is 15.0 Å². The van der Waals surface area contributed by atoms with Crippen molar-refractivity contribution in [2.45, 2.75) is 13.8 Å². The number of carbonyl (C=O) groups excluding carboxylic acids is 1. The highest BCUT2D eigenvalue weighted by Crippen LogP contribution is 2.27. The maximum atomic E-state index is 12.4. The molecule has 0 aliphatic rings. The lowest BCUT2D eigenvalue weighted by Gasteiger charge is -2.08. The van der Waals surface area contributed by atoms with Crippen molar-refractivity contribution in [2.75, 3.05) is 10.6 Å². The highest BCUT2D eigenvalue weighted by Gasteiger charge is 2.14. The molecule has 25 heavy (non-hydrogen) atoms. The van der Waals surface area contributed by atoms with Gasteiger partial charge in [0.2, 0.25) is 0 Å². The summed E-state index contributed by atoms with van der Waals surface area (Å²) in [6, 6.07) is 1.58. The van der Waals surface area contributed by atoms with Crippen LogP contribution in [0.15, 0.2) is 24.7 Å². The van der Waals surface area contributed by atoms with Crippen molar-refractivity contribution in [1.82, 2.24) is 19.9 Å². The van der Waals surface area contributed by atoms with E-state index in [0.717, 1.165) is 5.56 Å². The van der Waals surface area contributed by atoms with Crippen molar-refractivity contribution in [3.8, 4) is 0 Å². The van der Waals surface area contributed by atoms with Crippen molar-refractivity contribution >= 4 is 57.1 Å². The number of aryl methyl sites for hydroxylation is 2. The number of rotatable bonds is 4. The van der Waals surface area contributed by atoms with Gasteiger partial charge >= 0.3 is 0 Å². The van der Waals surface area contributed by atoms with Gasteiger partial charge in [0.25, 0.3) is 5.91 Å². The summed E-state index contributed by atoms with van der Waals surface area (Å²) in [7, 11) is 0. The molecule has 1 amide bonds. The quantitative estimate of drug-likeness (QED) is 0.642. The molecule has 0 aromatic carbocycles. The van der Waals surface area contributed by atoms with Gasteiger partial charge in [-0.2, -0.15) is 0 Å². The summed E-state index contributed by atoms with van der Waals surface area (Å²) in [5.74, 6) is 0.734. The van der Waals surface area contributed by atoms with Crippen molar-refractivity contribution in [3.05, 3.63) is 51.1 Å². The zero-order valence-corrected chi connectivity index (χ0v) is 15.5. The van der Waals surface area contributed by atoms with E-state index in [1.807, 2.05) is 6.92 Å². The summed E-state index contributed by atoms with van der Waals surface area (Å²) in [6.07, 6.45) is 4.58. The molecule has 0 fully saturated rings. The SMILES string of the molecule is Cc1nc(Cl)cc(Nc2ncc(C(=O)Nc3c(C)cncc3Cl)s2)n1. The largest absolute Gasteiger partial charge is 0.320 e. The van der Waals surface area contributed by atoms with E-state index in [9.17, 15) is 4.79 Å². The van der Waals surface area contributed by atoms with E-state index in [1.54, 1.807) is 19.2 Å². The summed E-state index contributed by atoms with van der Waals surface area (Å²) < 4.78 is 0. The van der Waals surface area contributed by atoms with Crippen LogP contribution in [0, 0.1) is 13.8 Å². The molecule has 3 aromatic heterocycles. The van der Waals surface area contributed by atoms with Crippen LogP contribution in [0.2, 0.25) is 10.2 Å². The monoisotopic (exact) mass is 394 g/mol. The van der Waals surface area contributed by atoms with Crippen LogP contribution in [0.4, 0.5) is 16.6 Å². The molecular formula is C15H12Cl2N6OS. The van der Waals surface area contributed by atoms with Gasteiger partial charge in [0.15, 0.2) is 5.13 Å². The Balaban J connectivity index is 1.75. The van der Waals surface area contributed by atoms with Gasteiger partial charge < -0.3 is 10.6 Å². The third-order valence-corrected chi connectivity index (χ3v) is 4.49. The molecule has 0 aliphatic carbocycles. The zero-order chi connectivity index (χ0) is 18.0. The van der Waals surface area contributed by atoms with E-state index in [0.29, 0.717) is 37.5 Å². The molecule has 0 atom stereocenters. The number of hydrogen-bond donors (Lipinski definition) is 2. The van der Waals surface area contributed by atoms with E-state index < -0.39 is 0 Å². The number of pyridine rings is 1. The van der Waals surface area contributed by atoms with Gasteiger partial charge in [-0.05, 0) is 19.4 Å². The number of nitrogens with zero attached hydrogens (tertiary/aromatic N) is 4. The molecule has 3 heterocycles. The Morgan fingerprint density at radius 2 is 1.96 bits per heavy atom. The minimum absolute atomic E-state index is 0.307. The summed E-state index contributed by atoms with van der Waals surface area (Å²) in [5, 5.41) is 6.99. The average Bonchev–Trinajstić information content (AvgIpc) is 2.98. The molecule has 7 nitrogen and oxygen atoms in total. The van der Waals surface area contributed by atoms with Crippen LogP contribution in [0.3, 0.4) is 0 Å². The van der Waals surface area contributed by atoms with E-state index in [1.165, 1.54) is 23.7 Å². The third kappa shape index (κ3) is 4.22. The van der Waals surface area contributed by atoms with Gasteiger partial charge in [-0.1, -0.05) is 34.5 Å². The molecule has 0 spiro atoms. The van der Waals surface area contributed by atoms with Gasteiger partial charge in [0.05, 0.1) is 16.9 Å². The topological polar surface area (TPSA) is 92.7 Å². The van der Waals surface area contributed by atoms with Gasteiger partial charge in [0, 0.05) is 18.5 Å². The average molecular weight is 395 g/mol. The molecule has 128 valence electrons. The van der Waals surface area contributed by atoms with E-state index in [-0.39, 0.29) is 5.91 Å². The van der Waals surface area contributed by atoms with E-state index in [2.05, 4.69) is 30.6 Å². The Kier molecular flexibility index (Phi) is 5.12. The summed E-state index contributed by atoms with van der Waals surface area (Å²) in [6.45, 7) is 3.55. The first-order valence-electron chi connectivity index (χ1n) is 7.08. The highest BCUT2D eigenvalue weighted by atomic mass is 35.5. The standard InChI is InChI=1S/C15H12Cl2N6OS/c1-7-4-18-5-9(16)13(7)23-14(24)10-6-19-15(25-10)22-12-3-11(17)20-8(2)21-12/h3-6H,1-2H3,(H,18,23,24)(H,19,20,21,22). The number of anilines is 3. The van der Waals surface area contributed by atoms with E-state index in [4.69, 9.17) is 23.2 Å². The lowest BCUT2D eigenvalue weighted by Crippen LogP contribution is -2.11. The first kappa shape index (κ1) is 17.5. The first-order valence-corrected chi connectivity index (χ1v) is 8.65. The second-order valence-electron chi connectivity index (χ2n) is 5.05. The number of thiazole rings is 1. The van der Waals surface area contributed by atoms with Crippen LogP contribution in [0.5, 0.6) is 0 Å². The Morgan fingerprint density at radius 1 is 1.16 bits per heavy atom. The molecule has 0 saturated heterocycles. The molecule has 3 rings (SSSR count). The lowest BCUT2D eigenvalue weighted by molar-refractivity contribution is 0.103. The maximum Gasteiger partial charge on any atom is 0.267 e. The fourth-order valence-electron chi connectivity index (χ4n) is 2.01. The van der Waals surface area contributed by atoms with Crippen LogP contribution >= 0.6 is 34.5 Å². The zero-order valence-electron chi connectivity index (χ0n) is 13.2. The third-order valence-electron chi connectivity index (χ3n) is 3.10. The summed E-state index contributed by atoms with van der Waals surface area (Å²) in [4.78, 5) is 29.2. The maximum absolute atomic E-state index is 12.4. The van der Waals surface area contributed by atoms with Gasteiger partial charge in [-0.3, -0.25) is 9.78 Å². The van der Waals surface area contributed by atoms with E-state index >= 15 is 0 Å². The number of carbonyl (C=O) groups is 1. The number of aromatic nitrogens is 4. The molecule has 0 bridgehead atoms. The predicted octanol–water partition coefficient (Wildman–Crippen LogP) is 4.25. The predicted molar refractivity (Wildman–Crippen MR) is 99.1 cm³/mol. The first-order chi connectivity index (χ1) is 11.9. The van der Waals surface area contributed by atoms with Crippen molar-refractivity contribution in [2.24, 2.45) is 0 Å². The van der Waals surface area contributed by atoms with Gasteiger partial charge in [0.1, 0.15) is 21.7 Å². The fourth-order valence-corrected chi connectivity index (χ4v) is 3.20. The van der Waals surface area contributed by atoms with Crippen molar-refractivity contribution < 1.29 is 4.79 Å². The van der Waals surface area contributed by atoms with Crippen LogP contribution in [-0.4, -0.2) is 25.8 Å². The summed E-state index contributed by atoms with van der Waals surface area (Å²) >= 11 is 13.2. The Hall–Kier alpha value is -2.29. The Labute approximate surface area is 157 Å². The van der Waals surface area contributed by atoms with Crippen molar-refractivity contribution in [3.63, 3.8) is 0 Å². The normalized spacial score (nSPS) is 10.6. The van der Waals surface area contributed by atoms with Crippen LogP contribution in [0.25, 0.3) is 0 Å². The molecule has 0 aliphatic heterocycles. The van der Waals surface area contributed by atoms with Crippen LogP contribution < -0.4 is 10.6 Å². The molecular weight excluding hydrogens is 383 g/mol. The van der Waals surface area contributed by atoms with Crippen molar-refractivity contribution in [1.29, 1.82) is 0 Å². The second kappa shape index (κ2) is 7.30. The number of halogens is 2. The highest BCUT2D eigenvalue weighted by molar-refractivity contribution is 7.17. The molecule has 2 N–H and O–H groups in total. The summed E-state index contributed by atoms with van der Waals surface area (Å²) in [5.41, 5.74) is 1.30. The smallest absolute Gasteiger partial charge is 0.267 e. The number of nitrogens with one attached hydrogen (secondary N) is 2. The number of hydrogen-bond acceptors (Lipinski definition) is 7. The molecule has 3 aromatic rings. The van der Waals surface area contributed by atoms with Crippen LogP contribution in [-0.2, 0) is 0 Å². The van der Waals surface area contributed by atoms with Gasteiger partial charge in [-0.15, -0.1) is 0 Å². The molecule has 0 radical (unpaired) electrons. The fraction of sp³-hybridized carbons (Fsp3) is 0.133. The second-order valence-corrected chi connectivity index (χ2v) is 6.87. The Bertz CT molecular complexity index is 905. The minimum atomic E-state index is -0.307. The Morgan fingerprint density at radius 3 is 2.68 bits per heavy atom. The number of amides is 1.